The van der Waals surface area contributed by atoms with Crippen molar-refractivity contribution in [3.63, 3.8) is 0 Å². The highest BCUT2D eigenvalue weighted by molar-refractivity contribution is 5.89. The number of carboxylic acid groups (broad SMARTS) is 2. The van der Waals surface area contributed by atoms with Crippen molar-refractivity contribution in [2.24, 2.45) is 0 Å². The molecule has 1 saturated heterocycles. The zero-order valence-electron chi connectivity index (χ0n) is 21.7. The van der Waals surface area contributed by atoms with Crippen LogP contribution in [-0.4, -0.2) is 82.3 Å². The average Bonchev–Trinajstić information content (AvgIpc) is 2.74. The van der Waals surface area contributed by atoms with Gasteiger partial charge in [0.05, 0.1) is 6.61 Å². The van der Waals surface area contributed by atoms with Crippen LogP contribution in [0.1, 0.15) is 53.9 Å². The number of likely N-dealkylation sites (tertiary alicyclic amines) is 1. The molecule has 35 heavy (non-hydrogen) atoms. The Kier molecular flexibility index (Phi) is 12.2. The van der Waals surface area contributed by atoms with Gasteiger partial charge in [-0.25, -0.2) is 9.59 Å². The van der Waals surface area contributed by atoms with Gasteiger partial charge in [0.15, 0.2) is 11.5 Å². The third kappa shape index (κ3) is 11.1. The molecule has 1 aliphatic heterocycles. The minimum Gasteiger partial charge on any atom is -0.487 e. The van der Waals surface area contributed by atoms with Gasteiger partial charge in [-0.05, 0) is 66.0 Å². The number of piperidine rings is 1. The van der Waals surface area contributed by atoms with Crippen molar-refractivity contribution in [2.45, 2.75) is 77.2 Å². The monoisotopic (exact) mass is 495 g/mol. The van der Waals surface area contributed by atoms with Crippen LogP contribution >= 0.6 is 0 Å². The van der Waals surface area contributed by atoms with Crippen LogP contribution in [0.15, 0.2) is 36.4 Å². The normalized spacial score (nSPS) is 18.7. The minimum atomic E-state index is -1.26. The second-order valence-corrected chi connectivity index (χ2v) is 9.89. The molecule has 1 aromatic rings. The molecule has 0 bridgehead atoms. The van der Waals surface area contributed by atoms with Crippen molar-refractivity contribution in [1.82, 2.24) is 4.90 Å². The summed E-state index contributed by atoms with van der Waals surface area (Å²) >= 11 is 0. The third-order valence-electron chi connectivity index (χ3n) is 5.81. The maximum absolute atomic E-state index is 10.7. The van der Waals surface area contributed by atoms with Crippen molar-refractivity contribution in [3.05, 3.63) is 36.4 Å². The number of methoxy groups -OCH3 is 1. The van der Waals surface area contributed by atoms with Gasteiger partial charge in [-0.2, -0.15) is 0 Å². The van der Waals surface area contributed by atoms with Crippen molar-refractivity contribution < 1.29 is 39.1 Å². The largest absolute Gasteiger partial charge is 0.487 e. The SMILES string of the molecule is COCC(C)Oc1ccccc1OCC(O)CN1C(C)(C)CCCC1(C)C.O=C(O)/C=C/C(=O)O. The molecule has 0 saturated carbocycles. The quantitative estimate of drug-likeness (QED) is 0.395. The topological polar surface area (TPSA) is 126 Å². The molecule has 1 aromatic carbocycles. The molecule has 1 fully saturated rings. The number of carboxylic acids is 2. The highest BCUT2D eigenvalue weighted by atomic mass is 16.5. The lowest BCUT2D eigenvalue weighted by Gasteiger charge is -2.53. The van der Waals surface area contributed by atoms with E-state index in [1.165, 1.54) is 6.42 Å². The number of ether oxygens (including phenoxy) is 3. The zero-order valence-corrected chi connectivity index (χ0v) is 21.7. The number of β-amino-alcohol motifs (C(OH)–C–C–N with tert-alkyl or cyclic N) is 1. The van der Waals surface area contributed by atoms with Gasteiger partial charge >= 0.3 is 11.9 Å². The first kappa shape index (κ1) is 30.4. The smallest absolute Gasteiger partial charge is 0.328 e. The number of carbonyl (C=O) groups is 2. The van der Waals surface area contributed by atoms with Crippen molar-refractivity contribution >= 4 is 11.9 Å². The molecule has 0 spiro atoms. The molecule has 3 N–H and O–H groups in total. The number of aliphatic carboxylic acids is 2. The molecule has 2 rings (SSSR count). The van der Waals surface area contributed by atoms with Crippen molar-refractivity contribution in [3.8, 4) is 11.5 Å². The highest BCUT2D eigenvalue weighted by Gasteiger charge is 2.41. The first-order valence-corrected chi connectivity index (χ1v) is 11.8. The van der Waals surface area contributed by atoms with Gasteiger partial charge in [0, 0.05) is 36.9 Å². The van der Waals surface area contributed by atoms with E-state index >= 15 is 0 Å². The van der Waals surface area contributed by atoms with E-state index in [0.29, 0.717) is 36.8 Å². The van der Waals surface area contributed by atoms with Gasteiger partial charge in [-0.15, -0.1) is 0 Å². The Labute approximate surface area is 208 Å². The summed E-state index contributed by atoms with van der Waals surface area (Å²) in [5, 5.41) is 26.3. The number of hydrogen-bond donors (Lipinski definition) is 3. The van der Waals surface area contributed by atoms with E-state index in [1.807, 2.05) is 31.2 Å². The highest BCUT2D eigenvalue weighted by Crippen LogP contribution is 2.38. The molecule has 9 nitrogen and oxygen atoms in total. The fraction of sp³-hybridized carbons (Fsp3) is 0.615. The molecule has 1 aliphatic rings. The van der Waals surface area contributed by atoms with Crippen molar-refractivity contribution in [1.29, 1.82) is 0 Å². The average molecular weight is 496 g/mol. The summed E-state index contributed by atoms with van der Waals surface area (Å²) in [6.45, 7) is 12.4. The maximum atomic E-state index is 10.7. The second kappa shape index (κ2) is 14.1. The van der Waals surface area contributed by atoms with Gasteiger partial charge in [-0.3, -0.25) is 4.90 Å². The van der Waals surface area contributed by atoms with Crippen LogP contribution in [0.25, 0.3) is 0 Å². The molecule has 2 atom stereocenters. The standard InChI is InChI=1S/C22H37NO4.C4H4O4/c1-17(15-25-6)27-20-11-8-7-10-19(20)26-16-18(24)14-23-21(2,3)12-9-13-22(23,4)5;5-3(6)1-2-4(7)8/h7-8,10-11,17-18,24H,9,12-16H2,1-6H3;1-2H,(H,5,6)(H,7,8)/b;2-1+. The zero-order chi connectivity index (χ0) is 26.6. The first-order chi connectivity index (χ1) is 16.3. The molecule has 0 aliphatic carbocycles. The summed E-state index contributed by atoms with van der Waals surface area (Å²) in [5.41, 5.74) is 0.165. The fourth-order valence-corrected chi connectivity index (χ4v) is 4.28. The van der Waals surface area contributed by atoms with Gasteiger partial charge in [0.2, 0.25) is 0 Å². The van der Waals surface area contributed by atoms with Crippen molar-refractivity contribution in [2.75, 3.05) is 26.9 Å². The van der Waals surface area contributed by atoms with Crippen LogP contribution in [-0.2, 0) is 14.3 Å². The number of hydrogen-bond acceptors (Lipinski definition) is 7. The summed E-state index contributed by atoms with van der Waals surface area (Å²) in [7, 11) is 1.65. The number of benzene rings is 1. The van der Waals surface area contributed by atoms with E-state index in [4.69, 9.17) is 24.4 Å². The number of aliphatic hydroxyl groups is 1. The third-order valence-corrected chi connectivity index (χ3v) is 5.81. The van der Waals surface area contributed by atoms with Gasteiger partial charge in [0.1, 0.15) is 18.8 Å². The van der Waals surface area contributed by atoms with Crippen LogP contribution in [0.4, 0.5) is 0 Å². The first-order valence-electron chi connectivity index (χ1n) is 11.8. The molecular weight excluding hydrogens is 454 g/mol. The minimum absolute atomic E-state index is 0.0698. The number of nitrogens with zero attached hydrogens (tertiary/aromatic N) is 1. The summed E-state index contributed by atoms with van der Waals surface area (Å²) in [6, 6.07) is 7.57. The Hall–Kier alpha value is -2.62. The van der Waals surface area contributed by atoms with Crippen LogP contribution in [0, 0.1) is 0 Å². The molecule has 0 radical (unpaired) electrons. The fourth-order valence-electron chi connectivity index (χ4n) is 4.28. The second-order valence-electron chi connectivity index (χ2n) is 9.89. The Morgan fingerprint density at radius 2 is 1.51 bits per heavy atom. The Morgan fingerprint density at radius 1 is 1.00 bits per heavy atom. The lowest BCUT2D eigenvalue weighted by molar-refractivity contribution is -0.134. The van der Waals surface area contributed by atoms with Gasteiger partial charge in [0.25, 0.3) is 0 Å². The molecule has 198 valence electrons. The molecular formula is C26H41NO8. The van der Waals surface area contributed by atoms with E-state index in [2.05, 4.69) is 32.6 Å². The Balaban J connectivity index is 0.000000658. The number of rotatable bonds is 11. The van der Waals surface area contributed by atoms with E-state index in [1.54, 1.807) is 7.11 Å². The van der Waals surface area contributed by atoms with E-state index in [-0.39, 0.29) is 23.8 Å². The van der Waals surface area contributed by atoms with E-state index in [0.717, 1.165) is 12.8 Å². The molecule has 1 heterocycles. The number of aliphatic hydroxyl groups excluding tert-OH is 1. The Morgan fingerprint density at radius 3 is 2.00 bits per heavy atom. The summed E-state index contributed by atoms with van der Waals surface area (Å²) < 4.78 is 16.9. The van der Waals surface area contributed by atoms with E-state index < -0.39 is 18.0 Å². The van der Waals surface area contributed by atoms with Gasteiger partial charge < -0.3 is 29.5 Å². The van der Waals surface area contributed by atoms with Crippen LogP contribution < -0.4 is 9.47 Å². The lowest BCUT2D eigenvalue weighted by Crippen LogP contribution is -2.60. The van der Waals surface area contributed by atoms with Crippen LogP contribution in [0.5, 0.6) is 11.5 Å². The summed E-state index contributed by atoms with van der Waals surface area (Å²) in [5.74, 6) is -1.19. The molecule has 0 aromatic heterocycles. The predicted molar refractivity (Wildman–Crippen MR) is 133 cm³/mol. The summed E-state index contributed by atoms with van der Waals surface area (Å²) in [4.78, 5) is 21.5. The van der Waals surface area contributed by atoms with Gasteiger partial charge in [-0.1, -0.05) is 12.1 Å². The summed E-state index contributed by atoms with van der Waals surface area (Å²) in [6.07, 6.45) is 4.01. The maximum Gasteiger partial charge on any atom is 0.328 e. The number of para-hydroxylation sites is 2. The van der Waals surface area contributed by atoms with E-state index in [9.17, 15) is 14.7 Å². The van der Waals surface area contributed by atoms with Crippen LogP contribution in [0.2, 0.25) is 0 Å². The van der Waals surface area contributed by atoms with Crippen LogP contribution in [0.3, 0.4) is 0 Å². The molecule has 2 unspecified atom stereocenters. The molecule has 9 heteroatoms. The lowest BCUT2D eigenvalue weighted by atomic mass is 9.79. The predicted octanol–water partition coefficient (Wildman–Crippen LogP) is 3.59. The molecule has 0 amide bonds. The Bertz CT molecular complexity index is 804.